The van der Waals surface area contributed by atoms with Gasteiger partial charge in [0.1, 0.15) is 16.5 Å². The van der Waals surface area contributed by atoms with E-state index in [-0.39, 0.29) is 0 Å². The zero-order chi connectivity index (χ0) is 14.8. The van der Waals surface area contributed by atoms with Gasteiger partial charge in [-0.2, -0.15) is 0 Å². The Kier molecular flexibility index (Phi) is 4.43. The SMILES string of the molecule is CCCNc1nc(C2CCC(CC)C2)nc2sc(C)cc12. The van der Waals surface area contributed by atoms with Crippen molar-refractivity contribution < 1.29 is 0 Å². The molecule has 0 saturated heterocycles. The molecule has 1 fully saturated rings. The van der Waals surface area contributed by atoms with Crippen molar-refractivity contribution in [2.24, 2.45) is 5.92 Å². The van der Waals surface area contributed by atoms with Crippen molar-refractivity contribution in [1.29, 1.82) is 0 Å². The number of nitrogens with zero attached hydrogens (tertiary/aromatic N) is 2. The summed E-state index contributed by atoms with van der Waals surface area (Å²) in [6, 6.07) is 2.21. The zero-order valence-corrected chi connectivity index (χ0v) is 14.1. The summed E-state index contributed by atoms with van der Waals surface area (Å²) in [5, 5.41) is 4.69. The number of nitrogens with one attached hydrogen (secondary N) is 1. The van der Waals surface area contributed by atoms with E-state index < -0.39 is 0 Å². The lowest BCUT2D eigenvalue weighted by atomic mass is 10.0. The lowest BCUT2D eigenvalue weighted by Gasteiger charge is -2.12. The van der Waals surface area contributed by atoms with Gasteiger partial charge in [-0.05, 0) is 44.6 Å². The Hall–Kier alpha value is -1.16. The van der Waals surface area contributed by atoms with Crippen molar-refractivity contribution in [2.75, 3.05) is 11.9 Å². The molecule has 0 aromatic carbocycles. The van der Waals surface area contributed by atoms with Crippen LogP contribution in [-0.4, -0.2) is 16.5 Å². The minimum absolute atomic E-state index is 0.559. The summed E-state index contributed by atoms with van der Waals surface area (Å²) in [5.74, 6) is 3.54. The van der Waals surface area contributed by atoms with Crippen molar-refractivity contribution in [1.82, 2.24) is 9.97 Å². The van der Waals surface area contributed by atoms with Gasteiger partial charge in [0, 0.05) is 17.3 Å². The van der Waals surface area contributed by atoms with Crippen LogP contribution in [-0.2, 0) is 0 Å². The lowest BCUT2D eigenvalue weighted by Crippen LogP contribution is -2.07. The van der Waals surface area contributed by atoms with Gasteiger partial charge in [0.15, 0.2) is 0 Å². The molecule has 21 heavy (non-hydrogen) atoms. The fourth-order valence-electron chi connectivity index (χ4n) is 3.30. The number of hydrogen-bond acceptors (Lipinski definition) is 4. The topological polar surface area (TPSA) is 37.8 Å². The highest BCUT2D eigenvalue weighted by molar-refractivity contribution is 7.18. The molecule has 2 aromatic rings. The smallest absolute Gasteiger partial charge is 0.138 e. The Labute approximate surface area is 131 Å². The molecule has 2 aromatic heterocycles. The summed E-state index contributed by atoms with van der Waals surface area (Å²) in [6.45, 7) is 7.61. The Bertz CT molecular complexity index is 620. The average Bonchev–Trinajstić information content (AvgIpc) is 3.09. The van der Waals surface area contributed by atoms with Gasteiger partial charge in [-0.25, -0.2) is 9.97 Å². The summed E-state index contributed by atoms with van der Waals surface area (Å²) < 4.78 is 0. The highest BCUT2D eigenvalue weighted by Crippen LogP contribution is 2.40. The first-order valence-corrected chi connectivity index (χ1v) is 9.04. The molecule has 114 valence electrons. The fourth-order valence-corrected chi connectivity index (χ4v) is 4.19. The van der Waals surface area contributed by atoms with E-state index >= 15 is 0 Å². The van der Waals surface area contributed by atoms with E-state index in [1.165, 1.54) is 35.9 Å². The molecule has 2 atom stereocenters. The second-order valence-corrected chi connectivity index (χ2v) is 7.45. The Morgan fingerprint density at radius 3 is 2.86 bits per heavy atom. The maximum Gasteiger partial charge on any atom is 0.138 e. The number of anilines is 1. The first kappa shape index (κ1) is 14.8. The number of fused-ring (bicyclic) bond motifs is 1. The molecule has 3 nitrogen and oxygen atoms in total. The van der Waals surface area contributed by atoms with Gasteiger partial charge in [0.2, 0.25) is 0 Å². The molecule has 0 spiro atoms. The summed E-state index contributed by atoms with van der Waals surface area (Å²) in [7, 11) is 0. The van der Waals surface area contributed by atoms with E-state index in [1.54, 1.807) is 11.3 Å². The van der Waals surface area contributed by atoms with Crippen LogP contribution in [0.25, 0.3) is 10.2 Å². The molecule has 2 unspecified atom stereocenters. The molecule has 1 N–H and O–H groups in total. The predicted octanol–water partition coefficient (Wildman–Crippen LogP) is 5.12. The molecule has 1 saturated carbocycles. The second kappa shape index (κ2) is 6.30. The van der Waals surface area contributed by atoms with E-state index in [0.717, 1.165) is 35.4 Å². The van der Waals surface area contributed by atoms with Gasteiger partial charge in [-0.15, -0.1) is 11.3 Å². The lowest BCUT2D eigenvalue weighted by molar-refractivity contribution is 0.517. The number of hydrogen-bond donors (Lipinski definition) is 1. The zero-order valence-electron chi connectivity index (χ0n) is 13.3. The molecule has 0 amide bonds. The van der Waals surface area contributed by atoms with Crippen LogP contribution in [0.2, 0.25) is 0 Å². The average molecular weight is 303 g/mol. The van der Waals surface area contributed by atoms with Gasteiger partial charge in [-0.1, -0.05) is 20.3 Å². The van der Waals surface area contributed by atoms with Crippen LogP contribution in [0.4, 0.5) is 5.82 Å². The van der Waals surface area contributed by atoms with Crippen LogP contribution in [0, 0.1) is 12.8 Å². The van der Waals surface area contributed by atoms with Crippen molar-refractivity contribution in [3.8, 4) is 0 Å². The normalized spacial score (nSPS) is 22.0. The predicted molar refractivity (Wildman–Crippen MR) is 91.3 cm³/mol. The van der Waals surface area contributed by atoms with E-state index in [4.69, 9.17) is 9.97 Å². The molecule has 0 aliphatic heterocycles. The number of thiophene rings is 1. The molecule has 2 heterocycles. The largest absolute Gasteiger partial charge is 0.369 e. The molecule has 0 bridgehead atoms. The summed E-state index contributed by atoms with van der Waals surface area (Å²) in [4.78, 5) is 12.2. The molecule has 4 heteroatoms. The molecule has 0 radical (unpaired) electrons. The van der Waals surface area contributed by atoms with Crippen molar-refractivity contribution in [3.63, 3.8) is 0 Å². The van der Waals surface area contributed by atoms with Gasteiger partial charge >= 0.3 is 0 Å². The maximum absolute atomic E-state index is 4.89. The van der Waals surface area contributed by atoms with E-state index in [1.807, 2.05) is 0 Å². The second-order valence-electron chi connectivity index (χ2n) is 6.22. The standard InChI is InChI=1S/C17H25N3S/c1-4-8-18-16-14-9-11(3)21-17(14)20-15(19-16)13-7-6-12(5-2)10-13/h9,12-13H,4-8,10H2,1-3H3,(H,18,19,20). The van der Waals surface area contributed by atoms with Crippen LogP contribution in [0.15, 0.2) is 6.07 Å². The van der Waals surface area contributed by atoms with Crippen LogP contribution < -0.4 is 5.32 Å². The minimum Gasteiger partial charge on any atom is -0.369 e. The third-order valence-electron chi connectivity index (χ3n) is 4.56. The summed E-state index contributed by atoms with van der Waals surface area (Å²) >= 11 is 1.79. The van der Waals surface area contributed by atoms with Crippen molar-refractivity contribution >= 4 is 27.4 Å². The number of aromatic nitrogens is 2. The van der Waals surface area contributed by atoms with Gasteiger partial charge in [-0.3, -0.25) is 0 Å². The Morgan fingerprint density at radius 2 is 2.14 bits per heavy atom. The van der Waals surface area contributed by atoms with Crippen molar-refractivity contribution in [2.45, 2.75) is 58.8 Å². The first-order chi connectivity index (χ1) is 10.2. The summed E-state index contributed by atoms with van der Waals surface area (Å²) in [5.41, 5.74) is 0. The fraction of sp³-hybridized carbons (Fsp3) is 0.647. The van der Waals surface area contributed by atoms with Gasteiger partial charge in [0.05, 0.1) is 5.39 Å². The first-order valence-electron chi connectivity index (χ1n) is 8.23. The molecular formula is C17H25N3S. The molecule has 3 rings (SSSR count). The molecule has 1 aliphatic carbocycles. The van der Waals surface area contributed by atoms with Gasteiger partial charge < -0.3 is 5.32 Å². The van der Waals surface area contributed by atoms with Gasteiger partial charge in [0.25, 0.3) is 0 Å². The summed E-state index contributed by atoms with van der Waals surface area (Å²) in [6.07, 6.45) is 6.26. The Morgan fingerprint density at radius 1 is 1.29 bits per heavy atom. The third kappa shape index (κ3) is 3.05. The molecular weight excluding hydrogens is 278 g/mol. The monoisotopic (exact) mass is 303 g/mol. The maximum atomic E-state index is 4.89. The van der Waals surface area contributed by atoms with Crippen LogP contribution >= 0.6 is 11.3 Å². The van der Waals surface area contributed by atoms with Crippen LogP contribution in [0.3, 0.4) is 0 Å². The van der Waals surface area contributed by atoms with E-state index in [0.29, 0.717) is 5.92 Å². The van der Waals surface area contributed by atoms with Crippen LogP contribution in [0.5, 0.6) is 0 Å². The van der Waals surface area contributed by atoms with Crippen LogP contribution in [0.1, 0.15) is 62.6 Å². The number of aryl methyl sites for hydroxylation is 1. The quantitative estimate of drug-likeness (QED) is 0.833. The molecule has 1 aliphatic rings. The minimum atomic E-state index is 0.559. The highest BCUT2D eigenvalue weighted by Gasteiger charge is 2.27. The highest BCUT2D eigenvalue weighted by atomic mass is 32.1. The van der Waals surface area contributed by atoms with Crippen molar-refractivity contribution in [3.05, 3.63) is 16.8 Å². The number of rotatable bonds is 5. The third-order valence-corrected chi connectivity index (χ3v) is 5.50. The Balaban J connectivity index is 1.95. The van der Waals surface area contributed by atoms with E-state index in [9.17, 15) is 0 Å². The van der Waals surface area contributed by atoms with E-state index in [2.05, 4.69) is 32.2 Å².